The molecule has 0 aliphatic heterocycles. The Morgan fingerprint density at radius 1 is 1.20 bits per heavy atom. The van der Waals surface area contributed by atoms with E-state index < -0.39 is 12.0 Å². The first-order valence-electron chi connectivity index (χ1n) is 4.67. The van der Waals surface area contributed by atoms with Crippen LogP contribution in [0.15, 0.2) is 0 Å². The highest BCUT2D eigenvalue weighted by Gasteiger charge is 2.10. The van der Waals surface area contributed by atoms with Crippen LogP contribution in [0.3, 0.4) is 0 Å². The van der Waals surface area contributed by atoms with Gasteiger partial charge in [-0.15, -0.1) is 0 Å². The molecule has 2 unspecified atom stereocenters. The monoisotopic (exact) mass is 254 g/mol. The van der Waals surface area contributed by atoms with Crippen LogP contribution < -0.4 is 11.5 Å². The van der Waals surface area contributed by atoms with E-state index in [-0.39, 0.29) is 12.6 Å². The SMILES string of the molecule is NC(CO)CCSSCCC(N)C(=O)O. The molecule has 15 heavy (non-hydrogen) atoms. The van der Waals surface area contributed by atoms with E-state index in [0.717, 1.165) is 12.2 Å². The maximum absolute atomic E-state index is 10.4. The van der Waals surface area contributed by atoms with Gasteiger partial charge < -0.3 is 21.7 Å². The lowest BCUT2D eigenvalue weighted by Crippen LogP contribution is -2.30. The molecule has 0 aromatic rings. The molecule has 0 aliphatic rings. The van der Waals surface area contributed by atoms with E-state index in [1.807, 2.05) is 0 Å². The molecule has 0 radical (unpaired) electrons. The van der Waals surface area contributed by atoms with Crippen LogP contribution >= 0.6 is 21.6 Å². The molecule has 5 nitrogen and oxygen atoms in total. The van der Waals surface area contributed by atoms with Gasteiger partial charge in [0.2, 0.25) is 0 Å². The van der Waals surface area contributed by atoms with Crippen LogP contribution in [0.1, 0.15) is 12.8 Å². The minimum atomic E-state index is -0.956. The molecule has 0 saturated heterocycles. The largest absolute Gasteiger partial charge is 0.480 e. The fraction of sp³-hybridized carbons (Fsp3) is 0.875. The molecule has 90 valence electrons. The molecule has 0 amide bonds. The molecular weight excluding hydrogens is 236 g/mol. The van der Waals surface area contributed by atoms with Gasteiger partial charge in [0.15, 0.2) is 0 Å². The minimum absolute atomic E-state index is 0.00904. The normalized spacial score (nSPS) is 14.9. The van der Waals surface area contributed by atoms with Crippen LogP contribution in [-0.2, 0) is 4.79 Å². The van der Waals surface area contributed by atoms with Crippen molar-refractivity contribution in [2.45, 2.75) is 24.9 Å². The third kappa shape index (κ3) is 9.01. The summed E-state index contributed by atoms with van der Waals surface area (Å²) >= 11 is 0. The first kappa shape index (κ1) is 15.0. The average Bonchev–Trinajstić information content (AvgIpc) is 2.22. The van der Waals surface area contributed by atoms with E-state index in [4.69, 9.17) is 21.7 Å². The van der Waals surface area contributed by atoms with Gasteiger partial charge in [0.05, 0.1) is 6.61 Å². The highest BCUT2D eigenvalue weighted by atomic mass is 33.1. The third-order valence-electron chi connectivity index (χ3n) is 1.72. The van der Waals surface area contributed by atoms with Crippen molar-refractivity contribution in [1.82, 2.24) is 0 Å². The smallest absolute Gasteiger partial charge is 0.320 e. The quantitative estimate of drug-likeness (QED) is 0.335. The Bertz CT molecular complexity index is 183. The zero-order chi connectivity index (χ0) is 11.7. The first-order chi connectivity index (χ1) is 7.07. The van der Waals surface area contributed by atoms with Crippen molar-refractivity contribution in [2.75, 3.05) is 18.1 Å². The van der Waals surface area contributed by atoms with E-state index in [1.54, 1.807) is 21.6 Å². The summed E-state index contributed by atoms with van der Waals surface area (Å²) in [7, 11) is 3.22. The van der Waals surface area contributed by atoms with Gasteiger partial charge in [-0.2, -0.15) is 0 Å². The Kier molecular flexibility index (Phi) is 9.32. The van der Waals surface area contributed by atoms with E-state index in [9.17, 15) is 4.79 Å². The maximum atomic E-state index is 10.4. The minimum Gasteiger partial charge on any atom is -0.480 e. The number of carboxylic acids is 1. The number of aliphatic hydroxyl groups is 1. The Balaban J connectivity index is 3.21. The summed E-state index contributed by atoms with van der Waals surface area (Å²) in [5.41, 5.74) is 10.8. The van der Waals surface area contributed by atoms with Gasteiger partial charge in [-0.25, -0.2) is 0 Å². The van der Waals surface area contributed by atoms with E-state index in [1.165, 1.54) is 0 Å². The van der Waals surface area contributed by atoms with Gasteiger partial charge in [-0.05, 0) is 12.8 Å². The fourth-order valence-corrected chi connectivity index (χ4v) is 2.98. The highest BCUT2D eigenvalue weighted by Crippen LogP contribution is 2.23. The molecule has 0 fully saturated rings. The van der Waals surface area contributed by atoms with Gasteiger partial charge in [-0.1, -0.05) is 21.6 Å². The topological polar surface area (TPSA) is 110 Å². The number of nitrogens with two attached hydrogens (primary N) is 2. The number of carbonyl (C=O) groups is 1. The molecule has 7 heteroatoms. The van der Waals surface area contributed by atoms with Crippen molar-refractivity contribution in [2.24, 2.45) is 11.5 Å². The van der Waals surface area contributed by atoms with Gasteiger partial charge in [0.25, 0.3) is 0 Å². The summed E-state index contributed by atoms with van der Waals surface area (Å²) in [6, 6.07) is -0.919. The van der Waals surface area contributed by atoms with E-state index in [2.05, 4.69) is 0 Å². The third-order valence-corrected chi connectivity index (χ3v) is 4.19. The maximum Gasteiger partial charge on any atom is 0.320 e. The number of hydrogen-bond acceptors (Lipinski definition) is 6. The van der Waals surface area contributed by atoms with Gasteiger partial charge >= 0.3 is 5.97 Å². The lowest BCUT2D eigenvalue weighted by Gasteiger charge is -2.07. The number of aliphatic hydroxyl groups excluding tert-OH is 1. The summed E-state index contributed by atoms with van der Waals surface area (Å²) < 4.78 is 0. The van der Waals surface area contributed by atoms with Crippen molar-refractivity contribution in [3.05, 3.63) is 0 Å². The van der Waals surface area contributed by atoms with Gasteiger partial charge in [0, 0.05) is 17.5 Å². The van der Waals surface area contributed by atoms with Crippen molar-refractivity contribution in [3.8, 4) is 0 Å². The molecule has 6 N–H and O–H groups in total. The van der Waals surface area contributed by atoms with Crippen LogP contribution in [0.2, 0.25) is 0 Å². The number of aliphatic carboxylic acids is 1. The van der Waals surface area contributed by atoms with Crippen LogP contribution in [0, 0.1) is 0 Å². The van der Waals surface area contributed by atoms with Crippen molar-refractivity contribution >= 4 is 27.6 Å². The molecule has 0 heterocycles. The van der Waals surface area contributed by atoms with Crippen LogP contribution in [0.4, 0.5) is 0 Å². The lowest BCUT2D eigenvalue weighted by molar-refractivity contribution is -0.138. The summed E-state index contributed by atoms with van der Waals surface area (Å²) in [5.74, 6) is 0.615. The van der Waals surface area contributed by atoms with E-state index >= 15 is 0 Å². The molecule has 0 bridgehead atoms. The standard InChI is InChI=1S/C8H18N2O3S2/c9-6(5-11)1-3-14-15-4-2-7(10)8(12)13/h6-7,11H,1-5,9-10H2,(H,12,13). The predicted octanol–water partition coefficient (Wildman–Crippen LogP) is -0.120. The molecule has 0 aromatic carbocycles. The molecule has 0 aliphatic carbocycles. The van der Waals surface area contributed by atoms with Crippen LogP contribution in [0.5, 0.6) is 0 Å². The highest BCUT2D eigenvalue weighted by molar-refractivity contribution is 8.76. The zero-order valence-electron chi connectivity index (χ0n) is 8.46. The molecule has 0 saturated carbocycles. The number of hydrogen-bond donors (Lipinski definition) is 4. The second kappa shape index (κ2) is 9.29. The first-order valence-corrected chi connectivity index (χ1v) is 7.16. The van der Waals surface area contributed by atoms with Crippen LogP contribution in [-0.4, -0.2) is 46.4 Å². The Hall–Kier alpha value is 0.0500. The van der Waals surface area contributed by atoms with Crippen molar-refractivity contribution in [3.63, 3.8) is 0 Å². The molecular formula is C8H18N2O3S2. The summed E-state index contributed by atoms with van der Waals surface area (Å²) in [6.07, 6.45) is 1.23. The van der Waals surface area contributed by atoms with E-state index in [0.29, 0.717) is 12.2 Å². The van der Waals surface area contributed by atoms with Gasteiger partial charge in [-0.3, -0.25) is 4.79 Å². The number of rotatable bonds is 9. The average molecular weight is 254 g/mol. The van der Waals surface area contributed by atoms with Gasteiger partial charge in [0.1, 0.15) is 6.04 Å². The molecule has 2 atom stereocenters. The van der Waals surface area contributed by atoms with Crippen molar-refractivity contribution < 1.29 is 15.0 Å². The lowest BCUT2D eigenvalue weighted by atomic mass is 10.2. The molecule has 0 spiro atoms. The Morgan fingerprint density at radius 3 is 2.20 bits per heavy atom. The predicted molar refractivity (Wildman–Crippen MR) is 64.8 cm³/mol. The second-order valence-corrected chi connectivity index (χ2v) is 5.81. The molecule has 0 aromatic heterocycles. The Labute approximate surface area is 97.4 Å². The second-order valence-electron chi connectivity index (χ2n) is 3.11. The summed E-state index contributed by atoms with van der Waals surface area (Å²) in [4.78, 5) is 10.4. The Morgan fingerprint density at radius 2 is 1.73 bits per heavy atom. The zero-order valence-corrected chi connectivity index (χ0v) is 10.1. The summed E-state index contributed by atoms with van der Waals surface area (Å²) in [5, 5.41) is 17.2. The summed E-state index contributed by atoms with van der Waals surface area (Å²) in [6.45, 7) is 0.00904. The van der Waals surface area contributed by atoms with Crippen LogP contribution in [0.25, 0.3) is 0 Å². The van der Waals surface area contributed by atoms with Crippen molar-refractivity contribution in [1.29, 1.82) is 0 Å². The number of carboxylic acid groups (broad SMARTS) is 1. The molecule has 0 rings (SSSR count). The fourth-order valence-electron chi connectivity index (χ4n) is 0.707.